The molecule has 1 saturated heterocycles. The van der Waals surface area contributed by atoms with Gasteiger partial charge >= 0.3 is 6.09 Å². The van der Waals surface area contributed by atoms with E-state index in [0.29, 0.717) is 55.9 Å². The number of imidazole rings is 1. The molecule has 5 rings (SSSR count). The number of rotatable bonds is 10. The van der Waals surface area contributed by atoms with Crippen LogP contribution in [0.3, 0.4) is 0 Å². The molecule has 12 nitrogen and oxygen atoms in total. The minimum absolute atomic E-state index is 0.0734. The molecule has 2 aromatic carbocycles. The Kier molecular flexibility index (Phi) is 9.57. The highest BCUT2D eigenvalue weighted by atomic mass is 35.5. The van der Waals surface area contributed by atoms with E-state index < -0.39 is 12.1 Å². The number of halogens is 1. The van der Waals surface area contributed by atoms with E-state index in [4.69, 9.17) is 25.8 Å². The molecule has 1 aliphatic heterocycles. The second-order valence-corrected chi connectivity index (χ2v) is 10.2. The summed E-state index contributed by atoms with van der Waals surface area (Å²) in [7, 11) is 3.19. The maximum atomic E-state index is 13.3. The van der Waals surface area contributed by atoms with Crippen LogP contribution in [0.5, 0.6) is 17.2 Å². The highest BCUT2D eigenvalue weighted by Crippen LogP contribution is 2.24. The molecule has 3 heterocycles. The second-order valence-electron chi connectivity index (χ2n) is 9.81. The molecular formula is C30H32ClN7O5. The van der Waals surface area contributed by atoms with Crippen LogP contribution in [-0.4, -0.2) is 82.9 Å². The molecule has 224 valence electrons. The zero-order chi connectivity index (χ0) is 30.2. The van der Waals surface area contributed by atoms with Crippen LogP contribution < -0.4 is 24.4 Å². The highest BCUT2D eigenvalue weighted by Gasteiger charge is 2.34. The number of carbonyl (C=O) groups excluding carboxylic acids is 2. The third-order valence-corrected chi connectivity index (χ3v) is 7.22. The van der Waals surface area contributed by atoms with Gasteiger partial charge in [0.1, 0.15) is 34.5 Å². The summed E-state index contributed by atoms with van der Waals surface area (Å²) in [6.07, 6.45) is 5.13. The number of hydrogen-bond acceptors (Lipinski definition) is 9. The van der Waals surface area contributed by atoms with Crippen LogP contribution in [0.25, 0.3) is 5.95 Å². The number of hydrogen-bond donors (Lipinski definition) is 1. The molecule has 1 N–H and O–H groups in total. The predicted molar refractivity (Wildman–Crippen MR) is 160 cm³/mol. The van der Waals surface area contributed by atoms with Crippen LogP contribution in [0, 0.1) is 0 Å². The Morgan fingerprint density at radius 1 is 0.977 bits per heavy atom. The molecule has 0 saturated carbocycles. The molecule has 13 heteroatoms. The van der Waals surface area contributed by atoms with Crippen molar-refractivity contribution in [3.8, 4) is 23.2 Å². The molecule has 0 aliphatic carbocycles. The third kappa shape index (κ3) is 7.72. The molecule has 0 spiro atoms. The second kappa shape index (κ2) is 13.9. The van der Waals surface area contributed by atoms with Crippen molar-refractivity contribution < 1.29 is 23.8 Å². The van der Waals surface area contributed by atoms with Crippen LogP contribution in [-0.2, 0) is 11.2 Å². The van der Waals surface area contributed by atoms with Crippen molar-refractivity contribution in [2.24, 2.45) is 0 Å². The third-order valence-electron chi connectivity index (χ3n) is 7.03. The first-order valence-electron chi connectivity index (χ1n) is 13.7. The van der Waals surface area contributed by atoms with E-state index in [2.05, 4.69) is 20.3 Å². The lowest BCUT2D eigenvalue weighted by Gasteiger charge is -2.41. The number of benzene rings is 2. The van der Waals surface area contributed by atoms with Gasteiger partial charge in [-0.05, 0) is 48.4 Å². The number of methoxy groups -OCH3 is 2. The number of nitrogens with one attached hydrogen (secondary N) is 1. The van der Waals surface area contributed by atoms with E-state index in [1.54, 1.807) is 72.7 Å². The minimum atomic E-state index is -0.541. The fourth-order valence-corrected chi connectivity index (χ4v) is 4.93. The number of carbonyl (C=O) groups is 2. The maximum Gasteiger partial charge on any atom is 0.415 e. The van der Waals surface area contributed by atoms with Crippen LogP contribution in [0.15, 0.2) is 73.3 Å². The quantitative estimate of drug-likeness (QED) is 0.269. The first-order chi connectivity index (χ1) is 20.9. The fraction of sp³-hybridized carbons (Fsp3) is 0.300. The molecule has 1 fully saturated rings. The van der Waals surface area contributed by atoms with Crippen molar-refractivity contribution in [2.45, 2.75) is 18.9 Å². The average molecular weight is 606 g/mol. The van der Waals surface area contributed by atoms with E-state index in [0.717, 1.165) is 11.3 Å². The van der Waals surface area contributed by atoms with Crippen molar-refractivity contribution in [1.29, 1.82) is 0 Å². The lowest BCUT2D eigenvalue weighted by Crippen LogP contribution is -2.57. The summed E-state index contributed by atoms with van der Waals surface area (Å²) < 4.78 is 17.7. The molecule has 2 amide bonds. The number of amides is 2. The molecule has 2 aromatic heterocycles. The fourth-order valence-electron chi connectivity index (χ4n) is 4.76. The van der Waals surface area contributed by atoms with Crippen LogP contribution in [0.4, 0.5) is 10.6 Å². The first-order valence-corrected chi connectivity index (χ1v) is 14.1. The van der Waals surface area contributed by atoms with Crippen LogP contribution in [0.1, 0.15) is 12.0 Å². The van der Waals surface area contributed by atoms with Gasteiger partial charge in [0.05, 0.1) is 20.3 Å². The summed E-state index contributed by atoms with van der Waals surface area (Å²) in [4.78, 5) is 43.0. The average Bonchev–Trinajstić information content (AvgIpc) is 3.57. The lowest BCUT2D eigenvalue weighted by molar-refractivity contribution is -0.122. The van der Waals surface area contributed by atoms with Crippen molar-refractivity contribution in [3.05, 3.63) is 84.0 Å². The van der Waals surface area contributed by atoms with Gasteiger partial charge in [0.2, 0.25) is 11.9 Å². The minimum Gasteiger partial charge on any atom is -0.497 e. The van der Waals surface area contributed by atoms with E-state index in [9.17, 15) is 9.59 Å². The standard InChI is InChI=1S/C30H32ClN7O5/c1-41-23-5-3-21(4-6-23)11-12-33-28(39)17-22-19-36(27-18-26(31)34-29(35-27)37-14-13-32-20-37)15-16-38(22)30(40)43-25-9-7-24(42-2)8-10-25/h3-10,13-14,18,20,22H,11-12,15-17,19H2,1-2H3,(H,33,39). The van der Waals surface area contributed by atoms with Gasteiger partial charge in [-0.3, -0.25) is 9.36 Å². The molecule has 1 aliphatic rings. The maximum absolute atomic E-state index is 13.3. The van der Waals surface area contributed by atoms with Crippen molar-refractivity contribution in [2.75, 3.05) is 45.3 Å². The summed E-state index contributed by atoms with van der Waals surface area (Å²) >= 11 is 6.35. The van der Waals surface area contributed by atoms with E-state index in [-0.39, 0.29) is 17.5 Å². The van der Waals surface area contributed by atoms with Gasteiger partial charge in [0.15, 0.2) is 0 Å². The Bertz CT molecular complexity index is 1520. The van der Waals surface area contributed by atoms with Gasteiger partial charge in [-0.1, -0.05) is 23.7 Å². The predicted octanol–water partition coefficient (Wildman–Crippen LogP) is 3.77. The molecular weight excluding hydrogens is 574 g/mol. The number of piperazine rings is 1. The summed E-state index contributed by atoms with van der Waals surface area (Å²) in [5, 5.41) is 3.25. The van der Waals surface area contributed by atoms with Gasteiger partial charge in [0.25, 0.3) is 0 Å². The van der Waals surface area contributed by atoms with Gasteiger partial charge < -0.3 is 29.3 Å². The number of ether oxygens (including phenoxy) is 3. The molecule has 0 radical (unpaired) electrons. The van der Waals surface area contributed by atoms with Crippen molar-refractivity contribution in [1.82, 2.24) is 29.7 Å². The number of aromatic nitrogens is 4. The summed E-state index contributed by atoms with van der Waals surface area (Å²) in [5.74, 6) is 2.58. The zero-order valence-electron chi connectivity index (χ0n) is 23.9. The number of anilines is 1. The molecule has 0 bridgehead atoms. The van der Waals surface area contributed by atoms with Gasteiger partial charge in [-0.2, -0.15) is 4.98 Å². The monoisotopic (exact) mass is 605 g/mol. The van der Waals surface area contributed by atoms with Crippen LogP contribution >= 0.6 is 11.6 Å². The molecule has 43 heavy (non-hydrogen) atoms. The summed E-state index contributed by atoms with van der Waals surface area (Å²) in [5.41, 5.74) is 1.07. The largest absolute Gasteiger partial charge is 0.497 e. The van der Waals surface area contributed by atoms with Crippen molar-refractivity contribution in [3.63, 3.8) is 0 Å². The Morgan fingerprint density at radius 2 is 1.67 bits per heavy atom. The smallest absolute Gasteiger partial charge is 0.415 e. The lowest BCUT2D eigenvalue weighted by atomic mass is 10.1. The Labute approximate surface area is 254 Å². The van der Waals surface area contributed by atoms with Gasteiger partial charge in [-0.25, -0.2) is 14.8 Å². The first kappa shape index (κ1) is 29.6. The van der Waals surface area contributed by atoms with E-state index in [1.807, 2.05) is 29.2 Å². The molecule has 1 unspecified atom stereocenters. The molecule has 4 aromatic rings. The zero-order valence-corrected chi connectivity index (χ0v) is 24.6. The topological polar surface area (TPSA) is 124 Å². The van der Waals surface area contributed by atoms with Gasteiger partial charge in [0, 0.05) is 51.1 Å². The molecule has 1 atom stereocenters. The highest BCUT2D eigenvalue weighted by molar-refractivity contribution is 6.29. The SMILES string of the molecule is COc1ccc(CCNC(=O)CC2CN(c3cc(Cl)nc(-n4ccnc4)n3)CCN2C(=O)Oc2ccc(OC)cc2)cc1. The summed E-state index contributed by atoms with van der Waals surface area (Å²) in [6, 6.07) is 15.6. The Hall–Kier alpha value is -4.84. The Morgan fingerprint density at radius 3 is 2.35 bits per heavy atom. The Balaban J connectivity index is 1.29. The normalized spacial score (nSPS) is 14.7. The number of nitrogens with zero attached hydrogens (tertiary/aromatic N) is 6. The van der Waals surface area contributed by atoms with E-state index in [1.165, 1.54) is 0 Å². The van der Waals surface area contributed by atoms with Crippen LogP contribution in [0.2, 0.25) is 5.15 Å². The van der Waals surface area contributed by atoms with E-state index >= 15 is 0 Å². The summed E-state index contributed by atoms with van der Waals surface area (Å²) in [6.45, 7) is 1.54. The van der Waals surface area contributed by atoms with Gasteiger partial charge in [-0.15, -0.1) is 0 Å². The van der Waals surface area contributed by atoms with Crippen molar-refractivity contribution >= 4 is 29.4 Å².